The molecule has 0 atom stereocenters. The van der Waals surface area contributed by atoms with Gasteiger partial charge in [0, 0.05) is 12.4 Å². The van der Waals surface area contributed by atoms with Gasteiger partial charge in [0.05, 0.1) is 16.7 Å². The van der Waals surface area contributed by atoms with Crippen molar-refractivity contribution in [1.82, 2.24) is 20.2 Å². The van der Waals surface area contributed by atoms with Crippen molar-refractivity contribution in [2.24, 2.45) is 0 Å². The quantitative estimate of drug-likeness (QED) is 0.635. The lowest BCUT2D eigenvalue weighted by Gasteiger charge is -2.19. The van der Waals surface area contributed by atoms with Crippen LogP contribution in [-0.2, 0) is 11.7 Å². The van der Waals surface area contributed by atoms with Gasteiger partial charge in [-0.25, -0.2) is 9.97 Å². The van der Waals surface area contributed by atoms with Crippen LogP contribution in [0, 0.1) is 0 Å². The summed E-state index contributed by atoms with van der Waals surface area (Å²) in [7, 11) is 0. The summed E-state index contributed by atoms with van der Waals surface area (Å²) in [5.74, 6) is -0.771. The molecule has 0 unspecified atom stereocenters. The van der Waals surface area contributed by atoms with Gasteiger partial charge in [-0.2, -0.15) is 22.0 Å². The summed E-state index contributed by atoms with van der Waals surface area (Å²) in [4.78, 5) is 8.14. The van der Waals surface area contributed by atoms with E-state index in [1.54, 1.807) is 6.07 Å². The van der Waals surface area contributed by atoms with Gasteiger partial charge in [0.2, 0.25) is 5.95 Å². The highest BCUT2D eigenvalue weighted by Gasteiger charge is 2.46. The number of benzene rings is 1. The molecule has 1 aromatic carbocycles. The Kier molecular flexibility index (Phi) is 4.24. The van der Waals surface area contributed by atoms with E-state index in [9.17, 15) is 22.0 Å². The van der Waals surface area contributed by atoms with Crippen LogP contribution in [0.25, 0.3) is 11.5 Å². The number of halogens is 5. The Labute approximate surface area is 154 Å². The highest BCUT2D eigenvalue weighted by atomic mass is 19.4. The predicted octanol–water partition coefficient (Wildman–Crippen LogP) is 4.58. The van der Waals surface area contributed by atoms with Gasteiger partial charge in [-0.3, -0.25) is 0 Å². The molecule has 4 rings (SSSR count). The maximum absolute atomic E-state index is 12.9. The van der Waals surface area contributed by atoms with E-state index < -0.39 is 29.6 Å². The zero-order valence-electron chi connectivity index (χ0n) is 14.0. The van der Waals surface area contributed by atoms with Crippen molar-refractivity contribution in [2.75, 3.05) is 5.32 Å². The van der Waals surface area contributed by atoms with E-state index >= 15 is 0 Å². The predicted molar refractivity (Wildman–Crippen MR) is 86.3 cm³/mol. The van der Waals surface area contributed by atoms with Crippen LogP contribution in [0.3, 0.4) is 0 Å². The van der Waals surface area contributed by atoms with E-state index in [1.165, 1.54) is 18.5 Å². The van der Waals surface area contributed by atoms with Crippen molar-refractivity contribution in [3.05, 3.63) is 53.7 Å². The Morgan fingerprint density at radius 1 is 1.07 bits per heavy atom. The van der Waals surface area contributed by atoms with Crippen LogP contribution >= 0.6 is 0 Å². The lowest BCUT2D eigenvalue weighted by atomic mass is 10.0. The zero-order valence-corrected chi connectivity index (χ0v) is 14.0. The summed E-state index contributed by atoms with van der Waals surface area (Å²) in [6, 6.07) is 5.11. The van der Waals surface area contributed by atoms with Crippen LogP contribution in [0.15, 0.2) is 41.1 Å². The Morgan fingerprint density at radius 2 is 1.79 bits per heavy atom. The first-order valence-corrected chi connectivity index (χ1v) is 8.17. The smallest absolute Gasteiger partial charge is 0.415 e. The first kappa shape index (κ1) is 18.3. The first-order valence-electron chi connectivity index (χ1n) is 8.17. The van der Waals surface area contributed by atoms with Crippen molar-refractivity contribution in [2.45, 2.75) is 31.0 Å². The molecule has 0 spiro atoms. The van der Waals surface area contributed by atoms with Crippen molar-refractivity contribution >= 4 is 5.95 Å². The molecule has 1 aliphatic rings. The van der Waals surface area contributed by atoms with E-state index in [0.717, 1.165) is 12.1 Å². The average Bonchev–Trinajstić information content (AvgIpc) is 3.26. The molecule has 1 saturated carbocycles. The number of hydrogen-bond donors (Lipinski definition) is 1. The van der Waals surface area contributed by atoms with Gasteiger partial charge < -0.3 is 9.73 Å². The van der Waals surface area contributed by atoms with Gasteiger partial charge in [0.1, 0.15) is 0 Å². The van der Waals surface area contributed by atoms with Gasteiger partial charge in [-0.1, -0.05) is 12.1 Å². The van der Waals surface area contributed by atoms with Crippen LogP contribution in [0.5, 0.6) is 0 Å². The maximum Gasteiger partial charge on any atom is 0.416 e. The number of anilines is 1. The van der Waals surface area contributed by atoms with E-state index in [2.05, 4.69) is 25.5 Å². The molecule has 6 nitrogen and oxygen atoms in total. The fraction of sp³-hybridized carbons (Fsp3) is 0.294. The molecule has 2 heterocycles. The molecule has 146 valence electrons. The molecule has 0 radical (unpaired) electrons. The molecule has 0 saturated heterocycles. The molecule has 0 amide bonds. The van der Waals surface area contributed by atoms with E-state index in [-0.39, 0.29) is 17.4 Å². The Bertz CT molecular complexity index is 982. The molecule has 0 bridgehead atoms. The topological polar surface area (TPSA) is 76.7 Å². The minimum atomic E-state index is -4.43. The van der Waals surface area contributed by atoms with E-state index in [1.807, 2.05) is 0 Å². The summed E-state index contributed by atoms with van der Waals surface area (Å²) >= 11 is 0. The van der Waals surface area contributed by atoms with Gasteiger partial charge in [-0.15, -0.1) is 10.2 Å². The number of nitrogens with zero attached hydrogens (tertiary/aromatic N) is 4. The zero-order chi connectivity index (χ0) is 19.9. The van der Waals surface area contributed by atoms with Gasteiger partial charge in [0.25, 0.3) is 11.8 Å². The molecule has 1 aliphatic carbocycles. The minimum Gasteiger partial charge on any atom is -0.415 e. The average molecular weight is 397 g/mol. The molecule has 11 heteroatoms. The van der Waals surface area contributed by atoms with Crippen LogP contribution in [0.1, 0.15) is 36.3 Å². The van der Waals surface area contributed by atoms with Gasteiger partial charge in [-0.05, 0) is 30.5 Å². The van der Waals surface area contributed by atoms with Crippen LogP contribution in [0.4, 0.5) is 27.9 Å². The monoisotopic (exact) mass is 397 g/mol. The van der Waals surface area contributed by atoms with E-state index in [0.29, 0.717) is 18.4 Å². The third-order valence-corrected chi connectivity index (χ3v) is 4.37. The molecule has 3 aromatic rings. The lowest BCUT2D eigenvalue weighted by molar-refractivity contribution is -0.137. The Balaban J connectivity index is 1.53. The van der Waals surface area contributed by atoms with Crippen molar-refractivity contribution in [3.8, 4) is 11.5 Å². The second kappa shape index (κ2) is 6.50. The van der Waals surface area contributed by atoms with Crippen molar-refractivity contribution < 1.29 is 26.4 Å². The highest BCUT2D eigenvalue weighted by Crippen LogP contribution is 2.48. The lowest BCUT2D eigenvalue weighted by Crippen LogP contribution is -2.21. The summed E-state index contributed by atoms with van der Waals surface area (Å²) < 4.78 is 68.7. The summed E-state index contributed by atoms with van der Waals surface area (Å²) in [6.07, 6.45) is -3.45. The normalized spacial score (nSPS) is 15.6. The molecular weight excluding hydrogens is 385 g/mol. The standard InChI is InChI=1S/C17H12F5N5O/c18-12(19)14-27-26-13(28-14)9-7-23-15(24-8-9)25-16(4-5-16)10-2-1-3-11(6-10)17(20,21)22/h1-3,6-8,12H,4-5H2,(H,23,24,25). The fourth-order valence-corrected chi connectivity index (χ4v) is 2.76. The molecule has 28 heavy (non-hydrogen) atoms. The SMILES string of the molecule is FC(F)c1nnc(-c2cnc(NC3(c4cccc(C(F)(F)F)c4)CC3)nc2)o1. The largest absolute Gasteiger partial charge is 0.416 e. The fourth-order valence-electron chi connectivity index (χ4n) is 2.76. The van der Waals surface area contributed by atoms with Crippen molar-refractivity contribution in [3.63, 3.8) is 0 Å². The second-order valence-electron chi connectivity index (χ2n) is 6.33. The molecule has 1 fully saturated rings. The number of aromatic nitrogens is 4. The van der Waals surface area contributed by atoms with Gasteiger partial charge in [0.15, 0.2) is 0 Å². The number of rotatable bonds is 5. The van der Waals surface area contributed by atoms with E-state index in [4.69, 9.17) is 4.42 Å². The van der Waals surface area contributed by atoms with Gasteiger partial charge >= 0.3 is 12.6 Å². The summed E-state index contributed by atoms with van der Waals surface area (Å²) in [5, 5.41) is 9.77. The van der Waals surface area contributed by atoms with Crippen molar-refractivity contribution in [1.29, 1.82) is 0 Å². The molecule has 0 aliphatic heterocycles. The minimum absolute atomic E-state index is 0.152. The second-order valence-corrected chi connectivity index (χ2v) is 6.33. The maximum atomic E-state index is 12.9. The molecule has 1 N–H and O–H groups in total. The Hall–Kier alpha value is -3.11. The Morgan fingerprint density at radius 3 is 2.36 bits per heavy atom. The summed E-state index contributed by atoms with van der Waals surface area (Å²) in [6.45, 7) is 0. The number of alkyl halides is 5. The van der Waals surface area contributed by atoms with Crippen LogP contribution in [-0.4, -0.2) is 20.2 Å². The first-order chi connectivity index (χ1) is 13.3. The summed E-state index contributed by atoms with van der Waals surface area (Å²) in [5.41, 5.74) is -0.654. The third kappa shape index (κ3) is 3.51. The van der Waals surface area contributed by atoms with Crippen LogP contribution < -0.4 is 5.32 Å². The highest BCUT2D eigenvalue weighted by molar-refractivity contribution is 5.51. The third-order valence-electron chi connectivity index (χ3n) is 4.37. The molecular formula is C17H12F5N5O. The number of nitrogens with one attached hydrogen (secondary N) is 1. The number of hydrogen-bond acceptors (Lipinski definition) is 6. The van der Waals surface area contributed by atoms with Crippen LogP contribution in [0.2, 0.25) is 0 Å². The molecule has 2 aromatic heterocycles.